The van der Waals surface area contributed by atoms with Gasteiger partial charge in [-0.1, -0.05) is 6.07 Å². The Kier molecular flexibility index (Phi) is 2.10. The van der Waals surface area contributed by atoms with Crippen LogP contribution in [0.15, 0.2) is 24.5 Å². The third-order valence-corrected chi connectivity index (χ3v) is 1.97. The van der Waals surface area contributed by atoms with Crippen molar-refractivity contribution in [2.45, 2.75) is 6.92 Å². The zero-order valence-corrected chi connectivity index (χ0v) is 8.06. The van der Waals surface area contributed by atoms with Gasteiger partial charge in [0.15, 0.2) is 0 Å². The van der Waals surface area contributed by atoms with Crippen LogP contribution in [0.5, 0.6) is 0 Å². The van der Waals surface area contributed by atoms with Gasteiger partial charge in [0.05, 0.1) is 11.1 Å². The van der Waals surface area contributed by atoms with Crippen LogP contribution in [0, 0.1) is 11.3 Å². The number of fused-ring (bicyclic) bond motifs is 1. The van der Waals surface area contributed by atoms with Gasteiger partial charge in [-0.2, -0.15) is 5.26 Å². The normalized spacial score (nSPS) is 9.87. The zero-order chi connectivity index (χ0) is 10.8. The maximum absolute atomic E-state index is 10.9. The van der Waals surface area contributed by atoms with Crippen molar-refractivity contribution in [2.24, 2.45) is 0 Å². The average Bonchev–Trinajstić information content (AvgIpc) is 2.61. The zero-order valence-electron chi connectivity index (χ0n) is 8.06. The van der Waals surface area contributed by atoms with Crippen LogP contribution in [0.25, 0.3) is 11.0 Å². The number of nitrogens with zero attached hydrogens (tertiary/aromatic N) is 3. The minimum Gasteiger partial charge on any atom is -0.274 e. The third-order valence-electron chi connectivity index (χ3n) is 1.97. The second-order valence-electron chi connectivity index (χ2n) is 3.07. The van der Waals surface area contributed by atoms with Crippen molar-refractivity contribution in [3.05, 3.63) is 30.1 Å². The summed E-state index contributed by atoms with van der Waals surface area (Å²) in [5, 5.41) is 8.91. The molecule has 0 saturated carbocycles. The lowest BCUT2D eigenvalue weighted by Gasteiger charge is -2.04. The molecular weight excluding hydrogens is 192 g/mol. The smallest absolute Gasteiger partial charge is 0.235 e. The number of nitriles is 1. The van der Waals surface area contributed by atoms with Crippen molar-refractivity contribution < 1.29 is 4.79 Å². The summed E-state index contributed by atoms with van der Waals surface area (Å²) < 4.78 is 1.45. The molecule has 1 aromatic heterocycles. The van der Waals surface area contributed by atoms with Gasteiger partial charge in [0.25, 0.3) is 0 Å². The first-order chi connectivity index (χ1) is 7.22. The predicted octanol–water partition coefficient (Wildman–Crippen LogP) is 0.998. The molecule has 0 aliphatic heterocycles. The fourth-order valence-electron chi connectivity index (χ4n) is 1.41. The third kappa shape index (κ3) is 1.53. The summed E-state index contributed by atoms with van der Waals surface area (Å²) in [7, 11) is 0. The van der Waals surface area contributed by atoms with Gasteiger partial charge >= 0.3 is 0 Å². The minimum absolute atomic E-state index is 0.206. The van der Waals surface area contributed by atoms with Crippen LogP contribution in [-0.4, -0.2) is 15.6 Å². The number of amides is 1. The minimum atomic E-state index is -0.206. The summed E-state index contributed by atoms with van der Waals surface area (Å²) in [5.74, 6) is -0.206. The van der Waals surface area contributed by atoms with Gasteiger partial charge < -0.3 is 0 Å². The maximum atomic E-state index is 10.9. The van der Waals surface area contributed by atoms with Crippen LogP contribution in [-0.2, 0) is 4.79 Å². The topological polar surface area (TPSA) is 70.7 Å². The van der Waals surface area contributed by atoms with Gasteiger partial charge in [0.2, 0.25) is 5.91 Å². The molecule has 0 aliphatic rings. The maximum Gasteiger partial charge on any atom is 0.235 e. The van der Waals surface area contributed by atoms with Gasteiger partial charge in [0, 0.05) is 6.92 Å². The highest BCUT2D eigenvalue weighted by atomic mass is 16.2. The summed E-state index contributed by atoms with van der Waals surface area (Å²) in [4.78, 5) is 15.0. The fourth-order valence-corrected chi connectivity index (χ4v) is 1.41. The van der Waals surface area contributed by atoms with Gasteiger partial charge in [-0.3, -0.25) is 10.2 Å². The number of imidazole rings is 1. The first-order valence-electron chi connectivity index (χ1n) is 4.36. The number of hydrogen-bond acceptors (Lipinski definition) is 3. The molecule has 0 bridgehead atoms. The number of aromatic nitrogens is 2. The monoisotopic (exact) mass is 200 g/mol. The van der Waals surface area contributed by atoms with Crippen LogP contribution in [0.3, 0.4) is 0 Å². The van der Waals surface area contributed by atoms with E-state index in [-0.39, 0.29) is 5.91 Å². The van der Waals surface area contributed by atoms with Crippen LogP contribution in [0.4, 0.5) is 0 Å². The first-order valence-corrected chi connectivity index (χ1v) is 4.36. The Labute approximate surface area is 85.9 Å². The van der Waals surface area contributed by atoms with Crippen LogP contribution < -0.4 is 5.43 Å². The highest BCUT2D eigenvalue weighted by Crippen LogP contribution is 2.15. The number of rotatable bonds is 1. The van der Waals surface area contributed by atoms with E-state index in [1.54, 1.807) is 18.2 Å². The second kappa shape index (κ2) is 3.42. The molecule has 0 fully saturated rings. The number of hydrogen-bond donors (Lipinski definition) is 1. The van der Waals surface area contributed by atoms with E-state index in [1.165, 1.54) is 17.9 Å². The molecule has 74 valence electrons. The van der Waals surface area contributed by atoms with E-state index in [0.29, 0.717) is 16.6 Å². The lowest BCUT2D eigenvalue weighted by molar-refractivity contribution is -0.115. The quantitative estimate of drug-likeness (QED) is 0.746. The van der Waals surface area contributed by atoms with Crippen LogP contribution in [0.2, 0.25) is 0 Å². The molecule has 15 heavy (non-hydrogen) atoms. The molecular formula is C10H8N4O. The molecule has 2 rings (SSSR count). The molecule has 1 N–H and O–H groups in total. The van der Waals surface area contributed by atoms with Crippen LogP contribution in [0.1, 0.15) is 12.5 Å². The summed E-state index contributed by atoms with van der Waals surface area (Å²) in [6.07, 6.45) is 1.48. The highest BCUT2D eigenvalue weighted by molar-refractivity contribution is 5.86. The van der Waals surface area contributed by atoms with Gasteiger partial charge in [-0.15, -0.1) is 0 Å². The summed E-state index contributed by atoms with van der Waals surface area (Å²) >= 11 is 0. The first kappa shape index (κ1) is 9.21. The van der Waals surface area contributed by atoms with Gasteiger partial charge in [-0.25, -0.2) is 9.66 Å². The molecule has 5 nitrogen and oxygen atoms in total. The Balaban J connectivity index is 2.67. The van der Waals surface area contributed by atoms with E-state index in [2.05, 4.69) is 16.5 Å². The summed E-state index contributed by atoms with van der Waals surface area (Å²) in [5.41, 5.74) is 4.36. The Bertz CT molecular complexity index is 564. The van der Waals surface area contributed by atoms with Crippen molar-refractivity contribution in [2.75, 3.05) is 5.43 Å². The molecule has 1 amide bonds. The molecule has 0 aliphatic carbocycles. The standard InChI is InChI=1S/C10H8N4O/c1-7(15)13-14-6-12-9-4-2-3-8(5-11)10(9)14/h2-4,6H,1H3,(H,13,15). The van der Waals surface area contributed by atoms with E-state index < -0.39 is 0 Å². The molecule has 0 unspecified atom stereocenters. The van der Waals surface area contributed by atoms with Crippen molar-refractivity contribution in [3.63, 3.8) is 0 Å². The Morgan fingerprint density at radius 2 is 2.40 bits per heavy atom. The lowest BCUT2D eigenvalue weighted by Crippen LogP contribution is -2.18. The fraction of sp³-hybridized carbons (Fsp3) is 0.100. The number of para-hydroxylation sites is 1. The molecule has 5 heteroatoms. The molecule has 0 atom stereocenters. The summed E-state index contributed by atoms with van der Waals surface area (Å²) in [6.45, 7) is 1.40. The molecule has 0 radical (unpaired) electrons. The van der Waals surface area contributed by atoms with Crippen molar-refractivity contribution in [1.82, 2.24) is 9.66 Å². The van der Waals surface area contributed by atoms with Gasteiger partial charge in [-0.05, 0) is 12.1 Å². The highest BCUT2D eigenvalue weighted by Gasteiger charge is 2.07. The number of carbonyl (C=O) groups is 1. The largest absolute Gasteiger partial charge is 0.274 e. The number of carbonyl (C=O) groups excluding carboxylic acids is 1. The van der Waals surface area contributed by atoms with Gasteiger partial charge in [0.1, 0.15) is 17.9 Å². The van der Waals surface area contributed by atoms with E-state index >= 15 is 0 Å². The Hall–Kier alpha value is -2.35. The van der Waals surface area contributed by atoms with E-state index in [0.717, 1.165) is 0 Å². The van der Waals surface area contributed by atoms with Crippen molar-refractivity contribution in [1.29, 1.82) is 5.26 Å². The number of nitrogens with one attached hydrogen (secondary N) is 1. The van der Waals surface area contributed by atoms with Crippen molar-refractivity contribution >= 4 is 16.9 Å². The van der Waals surface area contributed by atoms with Crippen LogP contribution >= 0.6 is 0 Å². The van der Waals surface area contributed by atoms with E-state index in [9.17, 15) is 4.79 Å². The molecule has 1 heterocycles. The lowest BCUT2D eigenvalue weighted by atomic mass is 10.2. The molecule has 2 aromatic rings. The number of benzene rings is 1. The molecule has 0 saturated heterocycles. The van der Waals surface area contributed by atoms with Crippen molar-refractivity contribution in [3.8, 4) is 6.07 Å². The predicted molar refractivity (Wildman–Crippen MR) is 54.5 cm³/mol. The average molecular weight is 200 g/mol. The summed E-state index contributed by atoms with van der Waals surface area (Å²) in [6, 6.07) is 7.28. The Morgan fingerprint density at radius 3 is 3.07 bits per heavy atom. The Morgan fingerprint density at radius 1 is 1.60 bits per heavy atom. The van der Waals surface area contributed by atoms with E-state index in [1.807, 2.05) is 0 Å². The second-order valence-corrected chi connectivity index (χ2v) is 3.07. The molecule has 1 aromatic carbocycles. The SMILES string of the molecule is CC(=O)Nn1cnc2cccc(C#N)c21. The molecule has 0 spiro atoms. The van der Waals surface area contributed by atoms with E-state index in [4.69, 9.17) is 5.26 Å².